The lowest BCUT2D eigenvalue weighted by Crippen LogP contribution is -2.50. The van der Waals surface area contributed by atoms with E-state index in [1.807, 2.05) is 0 Å². The molecule has 3 rings (SSSR count). The number of pyridine rings is 1. The van der Waals surface area contributed by atoms with Gasteiger partial charge in [0.05, 0.1) is 10.5 Å². The maximum atomic E-state index is 12.6. The van der Waals surface area contributed by atoms with Gasteiger partial charge in [0.1, 0.15) is 11.6 Å². The summed E-state index contributed by atoms with van der Waals surface area (Å²) in [6, 6.07) is 7.71. The van der Waals surface area contributed by atoms with Crippen molar-refractivity contribution in [2.75, 3.05) is 37.7 Å². The van der Waals surface area contributed by atoms with E-state index in [9.17, 15) is 28.1 Å². The maximum absolute atomic E-state index is 12.6. The summed E-state index contributed by atoms with van der Waals surface area (Å²) in [6.07, 6.45) is -3.63. The van der Waals surface area contributed by atoms with Gasteiger partial charge in [-0.2, -0.15) is 13.2 Å². The normalized spacial score (nSPS) is 14.6. The van der Waals surface area contributed by atoms with Gasteiger partial charge in [-0.1, -0.05) is 0 Å². The number of hydrogen-bond donors (Lipinski definition) is 0. The van der Waals surface area contributed by atoms with Gasteiger partial charge < -0.3 is 14.5 Å². The van der Waals surface area contributed by atoms with Gasteiger partial charge in [-0.05, 0) is 24.3 Å². The Balaban J connectivity index is 1.48. The van der Waals surface area contributed by atoms with E-state index in [0.29, 0.717) is 37.7 Å². The van der Waals surface area contributed by atoms with E-state index in [1.54, 1.807) is 9.80 Å². The molecule has 0 spiro atoms. The average molecular weight is 410 g/mol. The van der Waals surface area contributed by atoms with Crippen LogP contribution in [0, 0.1) is 10.1 Å². The minimum Gasteiger partial charge on any atom is -0.484 e. The molecule has 1 saturated heterocycles. The molecule has 1 aromatic heterocycles. The standard InChI is InChI=1S/C18H17F3N4O4/c19-18(20,21)13-1-6-16(22-11-13)23-7-9-24(10-8-23)17(26)12-29-15-4-2-14(3-5-15)25(27)28/h1-6,11H,7-10,12H2. The number of nitrogens with zero attached hydrogens (tertiary/aromatic N) is 4. The molecule has 0 radical (unpaired) electrons. The Kier molecular flexibility index (Phi) is 5.85. The van der Waals surface area contributed by atoms with Crippen molar-refractivity contribution >= 4 is 17.4 Å². The number of carbonyl (C=O) groups excluding carboxylic acids is 1. The number of aromatic nitrogens is 1. The zero-order chi connectivity index (χ0) is 21.0. The molecule has 8 nitrogen and oxygen atoms in total. The monoisotopic (exact) mass is 410 g/mol. The third kappa shape index (κ3) is 5.12. The molecular weight excluding hydrogens is 393 g/mol. The number of nitro groups is 1. The second kappa shape index (κ2) is 8.33. The third-order valence-electron chi connectivity index (χ3n) is 4.44. The number of halogens is 3. The van der Waals surface area contributed by atoms with Gasteiger partial charge in [0.15, 0.2) is 6.61 Å². The molecule has 1 aliphatic rings. The molecule has 11 heteroatoms. The lowest BCUT2D eigenvalue weighted by molar-refractivity contribution is -0.384. The Bertz CT molecular complexity index is 864. The molecule has 29 heavy (non-hydrogen) atoms. The molecule has 0 aliphatic carbocycles. The van der Waals surface area contributed by atoms with Crippen molar-refractivity contribution in [2.45, 2.75) is 6.18 Å². The topological polar surface area (TPSA) is 88.8 Å². The van der Waals surface area contributed by atoms with Crippen molar-refractivity contribution in [3.05, 3.63) is 58.3 Å². The number of piperazine rings is 1. The van der Waals surface area contributed by atoms with Crippen molar-refractivity contribution in [3.63, 3.8) is 0 Å². The predicted octanol–water partition coefficient (Wildman–Crippen LogP) is 2.74. The second-order valence-corrected chi connectivity index (χ2v) is 6.31. The minimum atomic E-state index is -4.43. The predicted molar refractivity (Wildman–Crippen MR) is 96.6 cm³/mol. The van der Waals surface area contributed by atoms with Crippen LogP contribution in [-0.2, 0) is 11.0 Å². The van der Waals surface area contributed by atoms with Crippen molar-refractivity contribution in [1.29, 1.82) is 0 Å². The molecule has 2 heterocycles. The molecule has 1 aliphatic heterocycles. The summed E-state index contributed by atoms with van der Waals surface area (Å²) in [6.45, 7) is 1.41. The van der Waals surface area contributed by atoms with Crippen molar-refractivity contribution in [1.82, 2.24) is 9.88 Å². The van der Waals surface area contributed by atoms with E-state index in [4.69, 9.17) is 4.74 Å². The second-order valence-electron chi connectivity index (χ2n) is 6.31. The van der Waals surface area contributed by atoms with Crippen LogP contribution < -0.4 is 9.64 Å². The van der Waals surface area contributed by atoms with Crippen LogP contribution in [0.15, 0.2) is 42.6 Å². The van der Waals surface area contributed by atoms with E-state index >= 15 is 0 Å². The third-order valence-corrected chi connectivity index (χ3v) is 4.44. The van der Waals surface area contributed by atoms with Gasteiger partial charge >= 0.3 is 6.18 Å². The van der Waals surface area contributed by atoms with Crippen LogP contribution in [-0.4, -0.2) is 53.5 Å². The Morgan fingerprint density at radius 3 is 2.28 bits per heavy atom. The summed E-state index contributed by atoms with van der Waals surface area (Å²) in [5, 5.41) is 10.6. The molecule has 154 valence electrons. The molecular formula is C18H17F3N4O4. The molecule has 0 atom stereocenters. The van der Waals surface area contributed by atoms with Gasteiger partial charge in [-0.3, -0.25) is 14.9 Å². The summed E-state index contributed by atoms with van der Waals surface area (Å²) >= 11 is 0. The van der Waals surface area contributed by atoms with E-state index in [1.165, 1.54) is 30.3 Å². The maximum Gasteiger partial charge on any atom is 0.417 e. The van der Waals surface area contributed by atoms with Crippen LogP contribution in [0.4, 0.5) is 24.7 Å². The van der Waals surface area contributed by atoms with E-state index < -0.39 is 16.7 Å². The molecule has 0 bridgehead atoms. The number of carbonyl (C=O) groups is 1. The minimum absolute atomic E-state index is 0.0725. The number of benzene rings is 1. The van der Waals surface area contributed by atoms with Crippen LogP contribution in [0.3, 0.4) is 0 Å². The van der Waals surface area contributed by atoms with Crippen molar-refractivity contribution < 1.29 is 27.6 Å². The van der Waals surface area contributed by atoms with Crippen LogP contribution >= 0.6 is 0 Å². The fourth-order valence-corrected chi connectivity index (χ4v) is 2.83. The number of anilines is 1. The molecule has 1 aromatic carbocycles. The van der Waals surface area contributed by atoms with E-state index in [0.717, 1.165) is 12.3 Å². The average Bonchev–Trinajstić information content (AvgIpc) is 2.72. The summed E-state index contributed by atoms with van der Waals surface area (Å²) < 4.78 is 43.2. The van der Waals surface area contributed by atoms with Crippen LogP contribution in [0.5, 0.6) is 5.75 Å². The van der Waals surface area contributed by atoms with Gasteiger partial charge in [0, 0.05) is 44.5 Å². The fourth-order valence-electron chi connectivity index (χ4n) is 2.83. The highest BCUT2D eigenvalue weighted by Gasteiger charge is 2.31. The molecule has 0 N–H and O–H groups in total. The number of nitro benzene ring substituents is 1. The van der Waals surface area contributed by atoms with Gasteiger partial charge in [-0.25, -0.2) is 4.98 Å². The number of rotatable bonds is 5. The van der Waals surface area contributed by atoms with Gasteiger partial charge in [0.25, 0.3) is 11.6 Å². The van der Waals surface area contributed by atoms with Crippen LogP contribution in [0.2, 0.25) is 0 Å². The van der Waals surface area contributed by atoms with Gasteiger partial charge in [-0.15, -0.1) is 0 Å². The fraction of sp³-hybridized carbons (Fsp3) is 0.333. The molecule has 2 aromatic rings. The summed E-state index contributed by atoms with van der Waals surface area (Å²) in [5.41, 5.74) is -0.880. The zero-order valence-corrected chi connectivity index (χ0v) is 15.1. The first-order valence-corrected chi connectivity index (χ1v) is 8.67. The Labute approximate surface area is 163 Å². The lowest BCUT2D eigenvalue weighted by atomic mass is 10.2. The highest BCUT2D eigenvalue weighted by atomic mass is 19.4. The van der Waals surface area contributed by atoms with E-state index in [-0.39, 0.29) is 18.2 Å². The Hall–Kier alpha value is -3.37. The number of non-ortho nitro benzene ring substituents is 1. The molecule has 0 unspecified atom stereocenters. The molecule has 0 saturated carbocycles. The first kappa shape index (κ1) is 20.4. The Morgan fingerprint density at radius 1 is 1.10 bits per heavy atom. The van der Waals surface area contributed by atoms with E-state index in [2.05, 4.69) is 4.98 Å². The molecule has 1 fully saturated rings. The quantitative estimate of drug-likeness (QED) is 0.556. The summed E-state index contributed by atoms with van der Waals surface area (Å²) in [7, 11) is 0. The largest absolute Gasteiger partial charge is 0.484 e. The highest BCUT2D eigenvalue weighted by molar-refractivity contribution is 5.78. The number of amides is 1. The lowest BCUT2D eigenvalue weighted by Gasteiger charge is -2.35. The van der Waals surface area contributed by atoms with Crippen LogP contribution in [0.25, 0.3) is 0 Å². The van der Waals surface area contributed by atoms with Gasteiger partial charge in [0.2, 0.25) is 0 Å². The van der Waals surface area contributed by atoms with Crippen molar-refractivity contribution in [3.8, 4) is 5.75 Å². The molecule has 1 amide bonds. The first-order valence-electron chi connectivity index (χ1n) is 8.67. The SMILES string of the molecule is O=C(COc1ccc([N+](=O)[O-])cc1)N1CCN(c2ccc(C(F)(F)F)cn2)CC1. The van der Waals surface area contributed by atoms with Crippen molar-refractivity contribution in [2.24, 2.45) is 0 Å². The van der Waals surface area contributed by atoms with Crippen LogP contribution in [0.1, 0.15) is 5.56 Å². The number of alkyl halides is 3. The number of ether oxygens (including phenoxy) is 1. The zero-order valence-electron chi connectivity index (χ0n) is 15.1. The first-order chi connectivity index (χ1) is 13.7. The number of hydrogen-bond acceptors (Lipinski definition) is 6. The highest BCUT2D eigenvalue weighted by Crippen LogP contribution is 2.29. The summed E-state index contributed by atoms with van der Waals surface area (Å²) in [5.74, 6) is 0.521. The summed E-state index contributed by atoms with van der Waals surface area (Å²) in [4.78, 5) is 29.6. The Morgan fingerprint density at radius 2 is 1.76 bits per heavy atom. The smallest absolute Gasteiger partial charge is 0.417 e.